The molecule has 0 bridgehead atoms. The van der Waals surface area contributed by atoms with Crippen molar-refractivity contribution in [3.63, 3.8) is 0 Å². The highest BCUT2D eigenvalue weighted by molar-refractivity contribution is 7.09. The molecule has 1 fully saturated rings. The van der Waals surface area contributed by atoms with Gasteiger partial charge in [-0.2, -0.15) is 0 Å². The molecule has 0 aliphatic carbocycles. The molecule has 0 saturated carbocycles. The molecule has 104 valence electrons. The average Bonchev–Trinajstić information content (AvgIpc) is 2.62. The van der Waals surface area contributed by atoms with Crippen molar-refractivity contribution in [2.24, 2.45) is 0 Å². The van der Waals surface area contributed by atoms with Crippen LogP contribution in [-0.2, 0) is 13.0 Å². The molecule has 1 aromatic rings. The Morgan fingerprint density at radius 3 is 3.00 bits per heavy atom. The van der Waals surface area contributed by atoms with Crippen LogP contribution < -0.4 is 5.32 Å². The van der Waals surface area contributed by atoms with Gasteiger partial charge in [0.15, 0.2) is 0 Å². The van der Waals surface area contributed by atoms with Gasteiger partial charge >= 0.3 is 0 Å². The van der Waals surface area contributed by atoms with Gasteiger partial charge in [-0.05, 0) is 45.8 Å². The number of hydrogen-bond acceptors (Lipinski definition) is 4. The maximum absolute atomic E-state index is 4.65. The molecule has 1 N–H and O–H groups in total. The van der Waals surface area contributed by atoms with Crippen LogP contribution in [0.3, 0.4) is 0 Å². The first kappa shape index (κ1) is 15.9. The molecule has 18 heavy (non-hydrogen) atoms. The lowest BCUT2D eigenvalue weighted by Crippen LogP contribution is -2.32. The van der Waals surface area contributed by atoms with Gasteiger partial charge in [-0.1, -0.05) is 6.92 Å². The Morgan fingerprint density at radius 2 is 2.28 bits per heavy atom. The quantitative estimate of drug-likeness (QED) is 0.924. The topological polar surface area (TPSA) is 28.2 Å². The molecule has 1 atom stereocenters. The third-order valence-corrected chi connectivity index (χ3v) is 4.52. The van der Waals surface area contributed by atoms with Crippen LogP contribution >= 0.6 is 23.7 Å². The number of nitrogens with one attached hydrogen (secondary N) is 1. The van der Waals surface area contributed by atoms with Crippen LogP contribution in [0.5, 0.6) is 0 Å². The van der Waals surface area contributed by atoms with E-state index in [4.69, 9.17) is 0 Å². The van der Waals surface area contributed by atoms with Crippen molar-refractivity contribution in [1.82, 2.24) is 15.2 Å². The van der Waals surface area contributed by atoms with Crippen molar-refractivity contribution < 1.29 is 0 Å². The van der Waals surface area contributed by atoms with Gasteiger partial charge in [0.1, 0.15) is 0 Å². The van der Waals surface area contributed by atoms with Crippen molar-refractivity contribution >= 4 is 23.7 Å². The van der Waals surface area contributed by atoms with E-state index >= 15 is 0 Å². The van der Waals surface area contributed by atoms with Crippen LogP contribution in [0.1, 0.15) is 36.9 Å². The van der Waals surface area contributed by atoms with E-state index in [1.165, 1.54) is 36.5 Å². The molecule has 1 unspecified atom stereocenters. The summed E-state index contributed by atoms with van der Waals surface area (Å²) < 4.78 is 0. The van der Waals surface area contributed by atoms with E-state index in [0.29, 0.717) is 0 Å². The average molecular weight is 290 g/mol. The summed E-state index contributed by atoms with van der Waals surface area (Å²) in [5, 5.41) is 6.94. The number of hydrogen-bond donors (Lipinski definition) is 1. The van der Waals surface area contributed by atoms with E-state index in [1.807, 2.05) is 0 Å². The van der Waals surface area contributed by atoms with Gasteiger partial charge < -0.3 is 5.32 Å². The molecule has 0 amide bonds. The van der Waals surface area contributed by atoms with Crippen LogP contribution in [0.4, 0.5) is 0 Å². The summed E-state index contributed by atoms with van der Waals surface area (Å²) in [5.41, 5.74) is 1.24. The second-order valence-corrected chi connectivity index (χ2v) is 5.78. The van der Waals surface area contributed by atoms with Gasteiger partial charge in [0.25, 0.3) is 0 Å². The summed E-state index contributed by atoms with van der Waals surface area (Å²) in [5.74, 6) is 0. The first-order valence-corrected chi connectivity index (χ1v) is 7.51. The minimum absolute atomic E-state index is 0. The van der Waals surface area contributed by atoms with Crippen molar-refractivity contribution in [3.8, 4) is 0 Å². The van der Waals surface area contributed by atoms with Gasteiger partial charge in [-0.3, -0.25) is 4.90 Å². The molecule has 0 aromatic carbocycles. The molecule has 5 heteroatoms. The number of halogens is 1. The van der Waals surface area contributed by atoms with Crippen molar-refractivity contribution in [2.75, 3.05) is 20.1 Å². The zero-order valence-electron chi connectivity index (χ0n) is 11.3. The fourth-order valence-corrected chi connectivity index (χ4v) is 3.15. The molecule has 1 aliphatic rings. The molecule has 2 rings (SSSR count). The van der Waals surface area contributed by atoms with Gasteiger partial charge in [0, 0.05) is 18.0 Å². The van der Waals surface area contributed by atoms with Crippen molar-refractivity contribution in [1.29, 1.82) is 0 Å². The largest absolute Gasteiger partial charge is 0.317 e. The van der Waals surface area contributed by atoms with Crippen LogP contribution in [0.2, 0.25) is 0 Å². The Hall–Kier alpha value is -0.160. The summed E-state index contributed by atoms with van der Waals surface area (Å²) in [6.07, 6.45) is 4.93. The second kappa shape index (κ2) is 8.10. The molecular weight excluding hydrogens is 266 g/mol. The third kappa shape index (κ3) is 4.50. The SMILES string of the molecule is CCc1nc(CN(C)C2CCCNCC2)cs1.Cl. The Bertz CT molecular complexity index is 335. The lowest BCUT2D eigenvalue weighted by Gasteiger charge is -2.25. The van der Waals surface area contributed by atoms with E-state index < -0.39 is 0 Å². The molecule has 1 aromatic heterocycles. The van der Waals surface area contributed by atoms with E-state index in [-0.39, 0.29) is 12.4 Å². The smallest absolute Gasteiger partial charge is 0.0926 e. The van der Waals surface area contributed by atoms with Crippen LogP contribution in [0, 0.1) is 0 Å². The van der Waals surface area contributed by atoms with Gasteiger partial charge in [0.2, 0.25) is 0 Å². The number of rotatable bonds is 4. The van der Waals surface area contributed by atoms with Crippen molar-refractivity contribution in [3.05, 3.63) is 16.1 Å². The van der Waals surface area contributed by atoms with Gasteiger partial charge in [-0.15, -0.1) is 23.7 Å². The van der Waals surface area contributed by atoms with E-state index in [9.17, 15) is 0 Å². The summed E-state index contributed by atoms with van der Waals surface area (Å²) in [4.78, 5) is 7.12. The Labute approximate surface area is 120 Å². The number of aryl methyl sites for hydroxylation is 1. The minimum Gasteiger partial charge on any atom is -0.317 e. The molecule has 3 nitrogen and oxygen atoms in total. The number of aromatic nitrogens is 1. The summed E-state index contributed by atoms with van der Waals surface area (Å²) in [6.45, 7) is 5.51. The zero-order chi connectivity index (χ0) is 12.1. The maximum Gasteiger partial charge on any atom is 0.0926 e. The van der Waals surface area contributed by atoms with Crippen LogP contribution in [0.25, 0.3) is 0 Å². The molecule has 2 heterocycles. The third-order valence-electron chi connectivity index (χ3n) is 3.48. The summed E-state index contributed by atoms with van der Waals surface area (Å²) in [7, 11) is 2.24. The molecular formula is C13H24ClN3S. The van der Waals surface area contributed by atoms with Gasteiger partial charge in [0.05, 0.1) is 10.7 Å². The highest BCUT2D eigenvalue weighted by Crippen LogP contribution is 2.16. The Morgan fingerprint density at radius 1 is 1.44 bits per heavy atom. The fourth-order valence-electron chi connectivity index (χ4n) is 2.41. The van der Waals surface area contributed by atoms with E-state index in [2.05, 4.69) is 34.6 Å². The highest BCUT2D eigenvalue weighted by Gasteiger charge is 2.17. The Kier molecular flexibility index (Phi) is 7.15. The molecule has 0 radical (unpaired) electrons. The lowest BCUT2D eigenvalue weighted by molar-refractivity contribution is 0.214. The summed E-state index contributed by atoms with van der Waals surface area (Å²) >= 11 is 1.79. The van der Waals surface area contributed by atoms with Gasteiger partial charge in [-0.25, -0.2) is 4.98 Å². The maximum atomic E-state index is 4.65. The number of thiazole rings is 1. The second-order valence-electron chi connectivity index (χ2n) is 4.84. The predicted octanol–water partition coefficient (Wildman–Crippen LogP) is 2.70. The lowest BCUT2D eigenvalue weighted by atomic mass is 10.1. The normalized spacial score (nSPS) is 20.5. The first-order valence-electron chi connectivity index (χ1n) is 6.64. The monoisotopic (exact) mass is 289 g/mol. The standard InChI is InChI=1S/C13H23N3S.ClH/c1-3-13-15-11(10-17-13)9-16(2)12-5-4-7-14-8-6-12;/h10,12,14H,3-9H2,1-2H3;1H. The zero-order valence-corrected chi connectivity index (χ0v) is 12.9. The Balaban J connectivity index is 0.00000162. The van der Waals surface area contributed by atoms with E-state index in [0.717, 1.165) is 25.6 Å². The first-order chi connectivity index (χ1) is 8.29. The highest BCUT2D eigenvalue weighted by atomic mass is 35.5. The van der Waals surface area contributed by atoms with E-state index in [1.54, 1.807) is 11.3 Å². The number of nitrogens with zero attached hydrogens (tertiary/aromatic N) is 2. The molecule has 0 spiro atoms. The minimum atomic E-state index is 0. The summed E-state index contributed by atoms with van der Waals surface area (Å²) in [6, 6.07) is 0.719. The molecule has 1 aliphatic heterocycles. The molecule has 1 saturated heterocycles. The predicted molar refractivity (Wildman–Crippen MR) is 80.7 cm³/mol. The van der Waals surface area contributed by atoms with Crippen LogP contribution in [-0.4, -0.2) is 36.1 Å². The van der Waals surface area contributed by atoms with Crippen molar-refractivity contribution in [2.45, 2.75) is 45.2 Å². The van der Waals surface area contributed by atoms with Crippen LogP contribution in [0.15, 0.2) is 5.38 Å². The fraction of sp³-hybridized carbons (Fsp3) is 0.769.